The molecule has 1 aromatic carbocycles. The fourth-order valence-electron chi connectivity index (χ4n) is 1.65. The number of esters is 1. The molecule has 88 valence electrons. The lowest BCUT2D eigenvalue weighted by molar-refractivity contribution is -0.143. The van der Waals surface area contributed by atoms with Crippen LogP contribution < -0.4 is 4.74 Å². The summed E-state index contributed by atoms with van der Waals surface area (Å²) in [6.07, 6.45) is 0.383. The number of para-hydroxylation sites is 1. The first-order valence-corrected chi connectivity index (χ1v) is 5.47. The Morgan fingerprint density at radius 3 is 2.69 bits per heavy atom. The number of carbonyl (C=O) groups is 1. The Labute approximate surface area is 96.4 Å². The highest BCUT2D eigenvalue weighted by Gasteiger charge is 2.15. The van der Waals surface area contributed by atoms with Gasteiger partial charge in [0.15, 0.2) is 0 Å². The van der Waals surface area contributed by atoms with Gasteiger partial charge >= 0.3 is 5.97 Å². The standard InChI is InChI=1S/C13H18O3/c1-4-16-13(14)9-10(2)11-7-5-6-8-12(11)15-3/h5-8,10H,4,9H2,1-3H3/t10-/m0/s1. The SMILES string of the molecule is CCOC(=O)C[C@H](C)c1ccccc1OC. The molecule has 0 amide bonds. The number of rotatable bonds is 5. The Kier molecular flexibility index (Phi) is 4.83. The van der Waals surface area contributed by atoms with Gasteiger partial charge in [0, 0.05) is 0 Å². The predicted octanol–water partition coefficient (Wildman–Crippen LogP) is 2.75. The van der Waals surface area contributed by atoms with Gasteiger partial charge in [0.05, 0.1) is 20.1 Å². The average molecular weight is 222 g/mol. The summed E-state index contributed by atoms with van der Waals surface area (Å²) in [5.74, 6) is 0.760. The van der Waals surface area contributed by atoms with E-state index in [1.54, 1.807) is 7.11 Å². The van der Waals surface area contributed by atoms with E-state index in [9.17, 15) is 4.79 Å². The normalized spacial score (nSPS) is 11.9. The van der Waals surface area contributed by atoms with Crippen LogP contribution in [-0.4, -0.2) is 19.7 Å². The first-order valence-electron chi connectivity index (χ1n) is 5.47. The first-order chi connectivity index (χ1) is 7.69. The summed E-state index contributed by atoms with van der Waals surface area (Å²) in [5.41, 5.74) is 1.04. The third kappa shape index (κ3) is 3.26. The molecule has 0 spiro atoms. The topological polar surface area (TPSA) is 35.5 Å². The van der Waals surface area contributed by atoms with Crippen LogP contribution in [0.25, 0.3) is 0 Å². The van der Waals surface area contributed by atoms with E-state index in [-0.39, 0.29) is 11.9 Å². The molecular formula is C13H18O3. The van der Waals surface area contributed by atoms with Crippen molar-refractivity contribution in [3.05, 3.63) is 29.8 Å². The second kappa shape index (κ2) is 6.16. The lowest BCUT2D eigenvalue weighted by Crippen LogP contribution is -2.09. The highest BCUT2D eigenvalue weighted by molar-refractivity contribution is 5.70. The van der Waals surface area contributed by atoms with Crippen LogP contribution in [0.4, 0.5) is 0 Å². The zero-order valence-corrected chi connectivity index (χ0v) is 10.0. The molecule has 0 aliphatic rings. The van der Waals surface area contributed by atoms with Gasteiger partial charge < -0.3 is 9.47 Å². The zero-order chi connectivity index (χ0) is 12.0. The van der Waals surface area contributed by atoms with E-state index < -0.39 is 0 Å². The maximum Gasteiger partial charge on any atom is 0.306 e. The molecular weight excluding hydrogens is 204 g/mol. The quantitative estimate of drug-likeness (QED) is 0.719. The maximum absolute atomic E-state index is 11.4. The maximum atomic E-state index is 11.4. The summed E-state index contributed by atoms with van der Waals surface area (Å²) in [6.45, 7) is 4.23. The second-order valence-corrected chi connectivity index (χ2v) is 3.65. The molecule has 1 aromatic rings. The summed E-state index contributed by atoms with van der Waals surface area (Å²) in [7, 11) is 1.63. The third-order valence-electron chi connectivity index (χ3n) is 2.45. The molecule has 16 heavy (non-hydrogen) atoms. The Hall–Kier alpha value is -1.51. The van der Waals surface area contributed by atoms with Crippen LogP contribution in [0.5, 0.6) is 5.75 Å². The Bertz CT molecular complexity index is 347. The molecule has 0 aliphatic heterocycles. The highest BCUT2D eigenvalue weighted by Crippen LogP contribution is 2.28. The molecule has 3 heteroatoms. The van der Waals surface area contributed by atoms with Gasteiger partial charge in [0.25, 0.3) is 0 Å². The molecule has 0 unspecified atom stereocenters. The van der Waals surface area contributed by atoms with Crippen molar-refractivity contribution in [2.75, 3.05) is 13.7 Å². The van der Waals surface area contributed by atoms with E-state index in [1.165, 1.54) is 0 Å². The number of hydrogen-bond acceptors (Lipinski definition) is 3. The van der Waals surface area contributed by atoms with Crippen molar-refractivity contribution < 1.29 is 14.3 Å². The summed E-state index contributed by atoms with van der Waals surface area (Å²) in [6, 6.07) is 7.73. The summed E-state index contributed by atoms with van der Waals surface area (Å²) >= 11 is 0. The zero-order valence-electron chi connectivity index (χ0n) is 10.0. The van der Waals surface area contributed by atoms with Gasteiger partial charge in [0.1, 0.15) is 5.75 Å². The fraction of sp³-hybridized carbons (Fsp3) is 0.462. The van der Waals surface area contributed by atoms with E-state index in [2.05, 4.69) is 0 Å². The molecule has 0 heterocycles. The number of carbonyl (C=O) groups excluding carboxylic acids is 1. The van der Waals surface area contributed by atoms with E-state index in [4.69, 9.17) is 9.47 Å². The molecule has 1 atom stereocenters. The van der Waals surface area contributed by atoms with Gasteiger partial charge in [-0.3, -0.25) is 4.79 Å². The summed E-state index contributed by atoms with van der Waals surface area (Å²) in [4.78, 5) is 11.4. The van der Waals surface area contributed by atoms with E-state index in [0.29, 0.717) is 13.0 Å². The molecule has 3 nitrogen and oxygen atoms in total. The average Bonchev–Trinajstić information content (AvgIpc) is 2.29. The Morgan fingerprint density at radius 2 is 2.06 bits per heavy atom. The van der Waals surface area contributed by atoms with Crippen LogP contribution in [0, 0.1) is 0 Å². The van der Waals surface area contributed by atoms with E-state index in [1.807, 2.05) is 38.1 Å². The van der Waals surface area contributed by atoms with Crippen LogP contribution in [0.1, 0.15) is 31.7 Å². The van der Waals surface area contributed by atoms with Gasteiger partial charge in [-0.1, -0.05) is 25.1 Å². The Balaban J connectivity index is 2.72. The molecule has 0 aliphatic carbocycles. The van der Waals surface area contributed by atoms with Crippen molar-refractivity contribution in [3.63, 3.8) is 0 Å². The monoisotopic (exact) mass is 222 g/mol. The molecule has 0 fully saturated rings. The number of methoxy groups -OCH3 is 1. The fourth-order valence-corrected chi connectivity index (χ4v) is 1.65. The molecule has 1 rings (SSSR count). The summed E-state index contributed by atoms with van der Waals surface area (Å²) < 4.78 is 10.2. The van der Waals surface area contributed by atoms with Gasteiger partial charge in [-0.05, 0) is 24.5 Å². The van der Waals surface area contributed by atoms with Crippen molar-refractivity contribution in [2.45, 2.75) is 26.2 Å². The predicted molar refractivity (Wildman–Crippen MR) is 62.7 cm³/mol. The lowest BCUT2D eigenvalue weighted by atomic mass is 9.97. The molecule has 0 saturated carbocycles. The largest absolute Gasteiger partial charge is 0.496 e. The number of benzene rings is 1. The minimum Gasteiger partial charge on any atom is -0.496 e. The van der Waals surface area contributed by atoms with Crippen LogP contribution in [-0.2, 0) is 9.53 Å². The van der Waals surface area contributed by atoms with Crippen LogP contribution in [0.3, 0.4) is 0 Å². The lowest BCUT2D eigenvalue weighted by Gasteiger charge is -2.14. The van der Waals surface area contributed by atoms with Crippen molar-refractivity contribution in [2.24, 2.45) is 0 Å². The van der Waals surface area contributed by atoms with E-state index >= 15 is 0 Å². The number of ether oxygens (including phenoxy) is 2. The van der Waals surface area contributed by atoms with Crippen molar-refractivity contribution >= 4 is 5.97 Å². The highest BCUT2D eigenvalue weighted by atomic mass is 16.5. The van der Waals surface area contributed by atoms with Crippen LogP contribution in [0.15, 0.2) is 24.3 Å². The van der Waals surface area contributed by atoms with Gasteiger partial charge in [-0.2, -0.15) is 0 Å². The van der Waals surface area contributed by atoms with Gasteiger partial charge in [-0.15, -0.1) is 0 Å². The Morgan fingerprint density at radius 1 is 1.38 bits per heavy atom. The smallest absolute Gasteiger partial charge is 0.306 e. The van der Waals surface area contributed by atoms with Crippen LogP contribution in [0.2, 0.25) is 0 Å². The van der Waals surface area contributed by atoms with Gasteiger partial charge in [0.2, 0.25) is 0 Å². The molecule has 0 aromatic heterocycles. The summed E-state index contributed by atoms with van der Waals surface area (Å²) in [5, 5.41) is 0. The molecule has 0 N–H and O–H groups in total. The minimum absolute atomic E-state index is 0.107. The second-order valence-electron chi connectivity index (χ2n) is 3.65. The van der Waals surface area contributed by atoms with Crippen LogP contribution >= 0.6 is 0 Å². The first kappa shape index (κ1) is 12.6. The molecule has 0 radical (unpaired) electrons. The van der Waals surface area contributed by atoms with Crippen molar-refractivity contribution in [3.8, 4) is 5.75 Å². The van der Waals surface area contributed by atoms with Crippen molar-refractivity contribution in [1.29, 1.82) is 0 Å². The minimum atomic E-state index is -0.166. The van der Waals surface area contributed by atoms with Gasteiger partial charge in [-0.25, -0.2) is 0 Å². The third-order valence-corrected chi connectivity index (χ3v) is 2.45. The molecule has 0 saturated heterocycles. The molecule has 0 bridgehead atoms. The van der Waals surface area contributed by atoms with Crippen molar-refractivity contribution in [1.82, 2.24) is 0 Å². The number of hydrogen-bond donors (Lipinski definition) is 0. The van der Waals surface area contributed by atoms with E-state index in [0.717, 1.165) is 11.3 Å².